The number of aliphatic imine (C=N–C) groups is 1. The van der Waals surface area contributed by atoms with Crippen LogP contribution in [0.3, 0.4) is 0 Å². The molecule has 0 saturated carbocycles. The summed E-state index contributed by atoms with van der Waals surface area (Å²) in [5.74, 6) is -0.221. The van der Waals surface area contributed by atoms with Crippen molar-refractivity contribution in [3.8, 4) is 0 Å². The van der Waals surface area contributed by atoms with Gasteiger partial charge in [-0.1, -0.05) is 59.9 Å². The molecular weight excluding hydrogens is 361 g/mol. The molecule has 1 nitrogen and oxygen atoms in total. The first-order chi connectivity index (χ1) is 12.7. The minimum atomic E-state index is -0.221. The summed E-state index contributed by atoms with van der Waals surface area (Å²) in [6.07, 6.45) is 0. The van der Waals surface area contributed by atoms with Crippen molar-refractivity contribution in [1.82, 2.24) is 0 Å². The molecule has 0 aliphatic rings. The average molecular weight is 380 g/mol. The molecular formula is C22H18FNS2. The molecule has 130 valence electrons. The van der Waals surface area contributed by atoms with Gasteiger partial charge in [0.2, 0.25) is 0 Å². The van der Waals surface area contributed by atoms with Crippen LogP contribution in [0.1, 0.15) is 6.92 Å². The smallest absolute Gasteiger partial charge is 0.123 e. The first kappa shape index (κ1) is 18.5. The van der Waals surface area contributed by atoms with Gasteiger partial charge in [-0.15, -0.1) is 0 Å². The van der Waals surface area contributed by atoms with E-state index in [2.05, 4.69) is 17.5 Å². The van der Waals surface area contributed by atoms with E-state index in [9.17, 15) is 4.39 Å². The summed E-state index contributed by atoms with van der Waals surface area (Å²) in [5.41, 5.74) is 1.99. The van der Waals surface area contributed by atoms with Crippen molar-refractivity contribution in [1.29, 1.82) is 0 Å². The molecule has 0 atom stereocenters. The van der Waals surface area contributed by atoms with Crippen molar-refractivity contribution in [2.24, 2.45) is 4.99 Å². The second-order valence-electron chi connectivity index (χ2n) is 5.54. The largest absolute Gasteiger partial charge is 0.241 e. The first-order valence-corrected chi connectivity index (χ1v) is 9.86. The first-order valence-electron chi connectivity index (χ1n) is 8.17. The molecule has 0 aliphatic heterocycles. The maximum absolute atomic E-state index is 13.1. The number of halogens is 1. The Morgan fingerprint density at radius 1 is 0.808 bits per heavy atom. The van der Waals surface area contributed by atoms with E-state index < -0.39 is 0 Å². The molecule has 0 heterocycles. The second-order valence-corrected chi connectivity index (χ2v) is 7.55. The fourth-order valence-corrected chi connectivity index (χ4v) is 3.81. The Bertz CT molecular complexity index is 888. The molecule has 0 saturated heterocycles. The Hall–Kier alpha value is -2.30. The van der Waals surface area contributed by atoms with Crippen LogP contribution in [0.5, 0.6) is 0 Å². The van der Waals surface area contributed by atoms with E-state index in [-0.39, 0.29) is 5.82 Å². The Morgan fingerprint density at radius 3 is 2.08 bits per heavy atom. The zero-order valence-corrected chi connectivity index (χ0v) is 15.9. The van der Waals surface area contributed by atoms with Gasteiger partial charge < -0.3 is 0 Å². The van der Waals surface area contributed by atoms with Gasteiger partial charge in [0.25, 0.3) is 0 Å². The maximum atomic E-state index is 13.1. The highest BCUT2D eigenvalue weighted by molar-refractivity contribution is 8.14. The summed E-state index contributed by atoms with van der Waals surface area (Å²) in [7, 11) is 0. The van der Waals surface area contributed by atoms with E-state index >= 15 is 0 Å². The van der Waals surface area contributed by atoms with Crippen LogP contribution in [-0.2, 0) is 0 Å². The molecule has 4 heteroatoms. The number of benzene rings is 3. The third-order valence-corrected chi connectivity index (χ3v) is 5.60. The van der Waals surface area contributed by atoms with Crippen molar-refractivity contribution >= 4 is 34.3 Å². The Balaban J connectivity index is 1.85. The van der Waals surface area contributed by atoms with E-state index in [1.54, 1.807) is 35.7 Å². The molecule has 0 aliphatic carbocycles. The van der Waals surface area contributed by atoms with Crippen LogP contribution in [0.4, 0.5) is 10.1 Å². The number of hydrogen-bond acceptors (Lipinski definition) is 3. The average Bonchev–Trinajstić information content (AvgIpc) is 2.68. The van der Waals surface area contributed by atoms with Crippen LogP contribution >= 0.6 is 23.5 Å². The third-order valence-electron chi connectivity index (χ3n) is 3.47. The van der Waals surface area contributed by atoms with Crippen LogP contribution in [0.2, 0.25) is 0 Å². The van der Waals surface area contributed by atoms with Crippen molar-refractivity contribution in [3.63, 3.8) is 0 Å². The number of nitrogens with zero attached hydrogens (tertiary/aromatic N) is 1. The zero-order chi connectivity index (χ0) is 18.2. The van der Waals surface area contributed by atoms with Gasteiger partial charge in [-0.2, -0.15) is 0 Å². The summed E-state index contributed by atoms with van der Waals surface area (Å²) < 4.78 is 13.1. The summed E-state index contributed by atoms with van der Waals surface area (Å²) in [5, 5.41) is 3.00. The molecule has 26 heavy (non-hydrogen) atoms. The van der Waals surface area contributed by atoms with E-state index in [1.807, 2.05) is 55.5 Å². The molecule has 0 aromatic heterocycles. The van der Waals surface area contributed by atoms with Gasteiger partial charge in [-0.3, -0.25) is 0 Å². The van der Waals surface area contributed by atoms with E-state index in [1.165, 1.54) is 12.1 Å². The Kier molecular flexibility index (Phi) is 6.69. The summed E-state index contributed by atoms with van der Waals surface area (Å²) >= 11 is 3.20. The van der Waals surface area contributed by atoms with Crippen LogP contribution < -0.4 is 0 Å². The maximum Gasteiger partial charge on any atom is 0.123 e. The number of hydrogen-bond donors (Lipinski definition) is 0. The molecule has 0 unspecified atom stereocenters. The van der Waals surface area contributed by atoms with Crippen LogP contribution in [0.25, 0.3) is 0 Å². The van der Waals surface area contributed by atoms with Crippen molar-refractivity contribution in [2.45, 2.75) is 16.7 Å². The topological polar surface area (TPSA) is 12.4 Å². The predicted molar refractivity (Wildman–Crippen MR) is 112 cm³/mol. The molecule has 0 N–H and O–H groups in total. The molecule has 3 aromatic carbocycles. The van der Waals surface area contributed by atoms with Crippen molar-refractivity contribution in [2.75, 3.05) is 0 Å². The monoisotopic (exact) mass is 379 g/mol. The number of rotatable bonds is 5. The quantitative estimate of drug-likeness (QED) is 0.261. The minimum Gasteiger partial charge on any atom is -0.241 e. The fraction of sp³-hybridized carbons (Fsp3) is 0.0455. The highest BCUT2D eigenvalue weighted by atomic mass is 32.2. The van der Waals surface area contributed by atoms with Gasteiger partial charge in [0.05, 0.1) is 5.69 Å². The van der Waals surface area contributed by atoms with Gasteiger partial charge in [0.1, 0.15) is 10.9 Å². The van der Waals surface area contributed by atoms with Gasteiger partial charge in [0, 0.05) is 9.79 Å². The molecule has 0 bridgehead atoms. The lowest BCUT2D eigenvalue weighted by molar-refractivity contribution is 0.626. The second kappa shape index (κ2) is 9.41. The lowest BCUT2D eigenvalue weighted by Gasteiger charge is -2.08. The standard InChI is InChI=1S/C22H18FNS2/c1-17(16-25-20-14-12-18(23)13-15-20)22(24-19-8-4-2-5-9-19)26-21-10-6-3-7-11-21/h2-16H,1H3/b17-16+,24-22-. The molecule has 0 spiro atoms. The van der Waals surface area contributed by atoms with Gasteiger partial charge >= 0.3 is 0 Å². The fourth-order valence-electron chi connectivity index (χ4n) is 2.13. The van der Waals surface area contributed by atoms with E-state index in [4.69, 9.17) is 4.99 Å². The SMILES string of the molecule is CC(=C\Sc1ccc(F)cc1)/C(=N/c1ccccc1)Sc1ccccc1. The van der Waals surface area contributed by atoms with Gasteiger partial charge in [-0.05, 0) is 66.4 Å². The van der Waals surface area contributed by atoms with Crippen LogP contribution in [0.15, 0.2) is 111 Å². The number of thioether (sulfide) groups is 2. The molecule has 0 amide bonds. The highest BCUT2D eigenvalue weighted by Crippen LogP contribution is 2.29. The summed E-state index contributed by atoms with van der Waals surface area (Å²) in [6, 6.07) is 26.6. The van der Waals surface area contributed by atoms with Crippen LogP contribution in [0, 0.1) is 5.82 Å². The Labute approximate surface area is 162 Å². The van der Waals surface area contributed by atoms with E-state index in [0.717, 1.165) is 26.1 Å². The van der Waals surface area contributed by atoms with Crippen LogP contribution in [-0.4, -0.2) is 5.04 Å². The summed E-state index contributed by atoms with van der Waals surface area (Å²) in [4.78, 5) is 6.95. The predicted octanol–water partition coefficient (Wildman–Crippen LogP) is 7.34. The molecule has 3 aromatic rings. The van der Waals surface area contributed by atoms with Crippen molar-refractivity contribution < 1.29 is 4.39 Å². The van der Waals surface area contributed by atoms with Gasteiger partial charge in [0.15, 0.2) is 0 Å². The number of para-hydroxylation sites is 1. The molecule has 0 fully saturated rings. The lowest BCUT2D eigenvalue weighted by Crippen LogP contribution is -1.94. The molecule has 3 rings (SSSR count). The normalized spacial score (nSPS) is 12.2. The molecule has 0 radical (unpaired) electrons. The summed E-state index contributed by atoms with van der Waals surface area (Å²) in [6.45, 7) is 2.05. The Morgan fingerprint density at radius 2 is 1.42 bits per heavy atom. The van der Waals surface area contributed by atoms with Gasteiger partial charge in [-0.25, -0.2) is 9.38 Å². The highest BCUT2D eigenvalue weighted by Gasteiger charge is 2.06. The third kappa shape index (κ3) is 5.61. The van der Waals surface area contributed by atoms with Crippen molar-refractivity contribution in [3.05, 3.63) is 102 Å². The van der Waals surface area contributed by atoms with E-state index in [0.29, 0.717) is 0 Å². The zero-order valence-electron chi connectivity index (χ0n) is 14.3. The lowest BCUT2D eigenvalue weighted by atomic mass is 10.3. The minimum absolute atomic E-state index is 0.221.